The fourth-order valence-electron chi connectivity index (χ4n) is 2.94. The zero-order chi connectivity index (χ0) is 17.4. The quantitative estimate of drug-likeness (QED) is 0.793. The van der Waals surface area contributed by atoms with Crippen molar-refractivity contribution in [1.82, 2.24) is 25.6 Å². The topological polar surface area (TPSA) is 96.9 Å². The molecule has 2 atom stereocenters. The number of halogens is 1. The minimum atomic E-state index is -0.869. The van der Waals surface area contributed by atoms with Gasteiger partial charge < -0.3 is 5.32 Å². The van der Waals surface area contributed by atoms with Gasteiger partial charge in [-0.25, -0.2) is 19.3 Å². The number of hydrogen-bond acceptors (Lipinski definition) is 7. The number of amides is 2. The van der Waals surface area contributed by atoms with Crippen molar-refractivity contribution in [3.8, 4) is 0 Å². The van der Waals surface area contributed by atoms with Crippen molar-refractivity contribution in [1.29, 1.82) is 0 Å². The maximum Gasteiger partial charge on any atom is 0.290 e. The van der Waals surface area contributed by atoms with Crippen molar-refractivity contribution in [2.24, 2.45) is 0 Å². The Hall–Kier alpha value is -2.39. The van der Waals surface area contributed by atoms with Crippen LogP contribution in [0.2, 0.25) is 0 Å². The predicted molar refractivity (Wildman–Crippen MR) is 91.3 cm³/mol. The number of fused-ring (bicyclic) bond motifs is 1. The van der Waals surface area contributed by atoms with Crippen LogP contribution in [0.1, 0.15) is 30.3 Å². The SMILES string of the molecule is O=C1NC(=O)/C(=C/c2ccc3ncnc(C4CC(F)CCN4)c3n2)S1. The standard InChI is InChI=1S/C16H14FN5O2S/c17-8-3-4-18-11(5-8)13-14-10(19-7-20-13)2-1-9(21-14)6-12-15(23)22-16(24)25-12/h1-2,6-8,11,18H,3-5H2,(H,22,23,24)/b12-6-. The van der Waals surface area contributed by atoms with Crippen molar-refractivity contribution < 1.29 is 14.0 Å². The molecular weight excluding hydrogens is 345 g/mol. The van der Waals surface area contributed by atoms with E-state index < -0.39 is 17.3 Å². The van der Waals surface area contributed by atoms with Crippen molar-refractivity contribution >= 4 is 40.0 Å². The van der Waals surface area contributed by atoms with Gasteiger partial charge in [0.05, 0.1) is 27.9 Å². The number of pyridine rings is 1. The highest BCUT2D eigenvalue weighted by atomic mass is 32.2. The average molecular weight is 359 g/mol. The monoisotopic (exact) mass is 359 g/mol. The van der Waals surface area contributed by atoms with Crippen LogP contribution in [0.5, 0.6) is 0 Å². The van der Waals surface area contributed by atoms with E-state index in [0.717, 1.165) is 11.8 Å². The minimum absolute atomic E-state index is 0.226. The molecule has 2 fully saturated rings. The van der Waals surface area contributed by atoms with Crippen LogP contribution in [-0.2, 0) is 4.79 Å². The van der Waals surface area contributed by atoms with Crippen LogP contribution >= 0.6 is 11.8 Å². The van der Waals surface area contributed by atoms with Crippen molar-refractivity contribution in [2.45, 2.75) is 25.1 Å². The molecule has 4 rings (SSSR count). The summed E-state index contributed by atoms with van der Waals surface area (Å²) in [6, 6.07) is 3.26. The van der Waals surface area contributed by atoms with E-state index in [1.54, 1.807) is 18.2 Å². The summed E-state index contributed by atoms with van der Waals surface area (Å²) in [5.74, 6) is -0.435. The van der Waals surface area contributed by atoms with Crippen LogP contribution in [0.25, 0.3) is 17.1 Å². The molecule has 0 saturated carbocycles. The van der Waals surface area contributed by atoms with E-state index in [0.29, 0.717) is 41.8 Å². The van der Waals surface area contributed by atoms with E-state index in [-0.39, 0.29) is 10.9 Å². The van der Waals surface area contributed by atoms with E-state index in [4.69, 9.17) is 0 Å². The van der Waals surface area contributed by atoms with Gasteiger partial charge in [0.2, 0.25) is 0 Å². The molecule has 0 aliphatic carbocycles. The third kappa shape index (κ3) is 3.24. The van der Waals surface area contributed by atoms with Gasteiger partial charge in [-0.1, -0.05) is 0 Å². The molecule has 2 aliphatic heterocycles. The Bertz CT molecular complexity index is 903. The summed E-state index contributed by atoms with van der Waals surface area (Å²) in [4.78, 5) is 36.3. The number of carbonyl (C=O) groups is 2. The molecule has 4 heterocycles. The van der Waals surface area contributed by atoms with Gasteiger partial charge in [0, 0.05) is 0 Å². The van der Waals surface area contributed by atoms with Crippen LogP contribution in [0, 0.1) is 0 Å². The highest BCUT2D eigenvalue weighted by Gasteiger charge is 2.27. The molecule has 9 heteroatoms. The number of hydrogen-bond donors (Lipinski definition) is 2. The smallest absolute Gasteiger partial charge is 0.290 e. The molecular formula is C16H14FN5O2S. The number of nitrogens with one attached hydrogen (secondary N) is 2. The predicted octanol–water partition coefficient (Wildman–Crippen LogP) is 2.11. The van der Waals surface area contributed by atoms with Gasteiger partial charge >= 0.3 is 0 Å². The summed E-state index contributed by atoms with van der Waals surface area (Å²) < 4.78 is 13.8. The fourth-order valence-corrected chi connectivity index (χ4v) is 3.61. The number of carbonyl (C=O) groups excluding carboxylic acids is 2. The molecule has 0 bridgehead atoms. The lowest BCUT2D eigenvalue weighted by Crippen LogP contribution is -2.33. The Morgan fingerprint density at radius 1 is 1.28 bits per heavy atom. The van der Waals surface area contributed by atoms with E-state index in [9.17, 15) is 14.0 Å². The molecule has 2 aromatic heterocycles. The number of nitrogens with zero attached hydrogens (tertiary/aromatic N) is 3. The van der Waals surface area contributed by atoms with Crippen molar-refractivity contribution in [3.63, 3.8) is 0 Å². The van der Waals surface area contributed by atoms with Crippen LogP contribution in [0.15, 0.2) is 23.4 Å². The first-order chi connectivity index (χ1) is 12.1. The van der Waals surface area contributed by atoms with Gasteiger partial charge in [-0.15, -0.1) is 0 Å². The van der Waals surface area contributed by atoms with Crippen LogP contribution in [0.4, 0.5) is 9.18 Å². The second-order valence-electron chi connectivity index (χ2n) is 5.84. The number of piperidine rings is 1. The zero-order valence-electron chi connectivity index (χ0n) is 13.0. The average Bonchev–Trinajstić information content (AvgIpc) is 2.91. The zero-order valence-corrected chi connectivity index (χ0v) is 13.8. The largest absolute Gasteiger partial charge is 0.308 e. The maximum absolute atomic E-state index is 13.8. The van der Waals surface area contributed by atoms with Crippen LogP contribution < -0.4 is 10.6 Å². The lowest BCUT2D eigenvalue weighted by molar-refractivity contribution is -0.115. The van der Waals surface area contributed by atoms with Gasteiger partial charge in [0.25, 0.3) is 11.1 Å². The summed E-state index contributed by atoms with van der Waals surface area (Å²) in [6.07, 6.45) is 2.95. The van der Waals surface area contributed by atoms with Crippen molar-refractivity contribution in [3.05, 3.63) is 34.8 Å². The van der Waals surface area contributed by atoms with Gasteiger partial charge in [-0.3, -0.25) is 14.9 Å². The Morgan fingerprint density at radius 2 is 2.16 bits per heavy atom. The molecule has 2 saturated heterocycles. The summed E-state index contributed by atoms with van der Waals surface area (Å²) >= 11 is 0.835. The molecule has 7 nitrogen and oxygen atoms in total. The number of aromatic nitrogens is 3. The molecule has 2 aliphatic rings. The Morgan fingerprint density at radius 3 is 2.92 bits per heavy atom. The van der Waals surface area contributed by atoms with E-state index in [1.165, 1.54) is 6.33 Å². The van der Waals surface area contributed by atoms with Gasteiger partial charge in [0.1, 0.15) is 18.0 Å². The van der Waals surface area contributed by atoms with Crippen LogP contribution in [-0.4, -0.2) is 38.8 Å². The Kier molecular flexibility index (Phi) is 4.18. The lowest BCUT2D eigenvalue weighted by atomic mass is 9.99. The van der Waals surface area contributed by atoms with Gasteiger partial charge in [-0.05, 0) is 49.4 Å². The first kappa shape index (κ1) is 16.1. The molecule has 0 radical (unpaired) electrons. The fraction of sp³-hybridized carbons (Fsp3) is 0.312. The first-order valence-electron chi connectivity index (χ1n) is 7.84. The highest BCUT2D eigenvalue weighted by molar-refractivity contribution is 8.18. The number of thioether (sulfide) groups is 1. The van der Waals surface area contributed by atoms with Gasteiger partial charge in [0.15, 0.2) is 0 Å². The minimum Gasteiger partial charge on any atom is -0.308 e. The molecule has 0 aromatic carbocycles. The normalized spacial score (nSPS) is 25.6. The Balaban J connectivity index is 1.74. The third-order valence-electron chi connectivity index (χ3n) is 4.12. The number of imide groups is 1. The summed E-state index contributed by atoms with van der Waals surface area (Å²) in [5, 5.41) is 5.07. The van der Waals surface area contributed by atoms with Gasteiger partial charge in [-0.2, -0.15) is 0 Å². The maximum atomic E-state index is 13.8. The number of rotatable bonds is 2. The number of alkyl halides is 1. The molecule has 2 aromatic rings. The second kappa shape index (κ2) is 6.49. The molecule has 2 amide bonds. The molecule has 2 unspecified atom stereocenters. The van der Waals surface area contributed by atoms with Crippen molar-refractivity contribution in [2.75, 3.05) is 6.54 Å². The highest BCUT2D eigenvalue weighted by Crippen LogP contribution is 2.29. The lowest BCUT2D eigenvalue weighted by Gasteiger charge is -2.26. The first-order valence-corrected chi connectivity index (χ1v) is 8.66. The molecule has 25 heavy (non-hydrogen) atoms. The van der Waals surface area contributed by atoms with Crippen LogP contribution in [0.3, 0.4) is 0 Å². The third-order valence-corrected chi connectivity index (χ3v) is 4.93. The summed E-state index contributed by atoms with van der Waals surface area (Å²) in [7, 11) is 0. The summed E-state index contributed by atoms with van der Waals surface area (Å²) in [5.41, 5.74) is 2.38. The molecule has 2 N–H and O–H groups in total. The Labute approximate surface area is 146 Å². The van der Waals surface area contributed by atoms with E-state index in [1.807, 2.05) is 0 Å². The molecule has 0 spiro atoms. The van der Waals surface area contributed by atoms with E-state index in [2.05, 4.69) is 25.6 Å². The molecule has 128 valence electrons. The van der Waals surface area contributed by atoms with E-state index >= 15 is 0 Å². The summed E-state index contributed by atoms with van der Waals surface area (Å²) in [6.45, 7) is 0.583. The second-order valence-corrected chi connectivity index (χ2v) is 6.86.